The van der Waals surface area contributed by atoms with Crippen LogP contribution in [0.4, 0.5) is 0 Å². The quantitative estimate of drug-likeness (QED) is 0.0429. The number of carbonyl (C=O) groups excluding carboxylic acids is 10. The number of hydrogen-bond acceptors (Lipinski definition) is 12. The molecule has 0 aromatic carbocycles. The third-order valence-electron chi connectivity index (χ3n) is 13.7. The molecule has 6 atom stereocenters. The zero-order valence-corrected chi connectivity index (χ0v) is 51.9. The summed E-state index contributed by atoms with van der Waals surface area (Å²) in [5.74, 6) is -5.72. The Kier molecular flexibility index (Phi) is 29.4. The highest BCUT2D eigenvalue weighted by Gasteiger charge is 2.41. The average Bonchev–Trinajstić information content (AvgIpc) is 4.07. The minimum atomic E-state index is -1.63. The summed E-state index contributed by atoms with van der Waals surface area (Å²) in [6.07, 6.45) is 7.60. The van der Waals surface area contributed by atoms with E-state index in [4.69, 9.17) is 0 Å². The Morgan fingerprint density at radius 2 is 1.11 bits per heavy atom. The largest absolute Gasteiger partial charge is 0.354 e. The first-order valence-electron chi connectivity index (χ1n) is 29.0. The number of amides is 10. The molecule has 2 rings (SSSR count). The van der Waals surface area contributed by atoms with Crippen molar-refractivity contribution >= 4 is 70.4 Å². The number of rotatable bonds is 35. The van der Waals surface area contributed by atoms with E-state index >= 15 is 0 Å². The molecule has 1 aliphatic heterocycles. The number of thiophene rings is 1. The number of carbonyl (C=O) groups is 10. The van der Waals surface area contributed by atoms with Gasteiger partial charge in [-0.25, -0.2) is 0 Å². The number of unbranched alkanes of at least 4 members (excludes halogenated alkanes) is 5. The van der Waals surface area contributed by atoms with Crippen molar-refractivity contribution in [1.29, 1.82) is 0 Å². The predicted molar refractivity (Wildman–Crippen MR) is 313 cm³/mol. The monoisotopic (exact) mass is 1140 g/mol. The van der Waals surface area contributed by atoms with E-state index < -0.39 is 94.1 Å². The lowest BCUT2D eigenvalue weighted by Crippen LogP contribution is -2.65. The van der Waals surface area contributed by atoms with Gasteiger partial charge in [0.1, 0.15) is 46.8 Å². The van der Waals surface area contributed by atoms with Crippen molar-refractivity contribution in [2.45, 2.75) is 233 Å². The first-order chi connectivity index (χ1) is 37.2. The second-order valence-corrected chi connectivity index (χ2v) is 25.8. The maximum atomic E-state index is 14.3. The summed E-state index contributed by atoms with van der Waals surface area (Å²) in [4.78, 5) is 142. The molecule has 9 N–H and O–H groups in total. The van der Waals surface area contributed by atoms with E-state index in [9.17, 15) is 47.9 Å². The van der Waals surface area contributed by atoms with Crippen molar-refractivity contribution in [3.05, 3.63) is 22.4 Å². The molecule has 22 heteroatoms. The second kappa shape index (κ2) is 33.3. The van der Waals surface area contributed by atoms with Crippen LogP contribution in [0.15, 0.2) is 17.5 Å². The van der Waals surface area contributed by atoms with Gasteiger partial charge >= 0.3 is 0 Å². The van der Waals surface area contributed by atoms with Gasteiger partial charge in [-0.3, -0.25) is 47.9 Å². The number of likely N-dealkylation sites (tertiary alicyclic amines) is 1. The molecule has 5 unspecified atom stereocenters. The van der Waals surface area contributed by atoms with Crippen molar-refractivity contribution in [2.75, 3.05) is 33.7 Å². The van der Waals surface area contributed by atoms with Crippen LogP contribution >= 0.6 is 11.3 Å². The third-order valence-corrected chi connectivity index (χ3v) is 14.6. The fraction of sp³-hybridized carbons (Fsp3) is 0.759. The smallest absolute Gasteiger partial charge is 0.264 e. The van der Waals surface area contributed by atoms with Gasteiger partial charge in [0.15, 0.2) is 0 Å². The van der Waals surface area contributed by atoms with Gasteiger partial charge in [0.05, 0.1) is 4.88 Å². The van der Waals surface area contributed by atoms with Crippen LogP contribution in [0, 0.1) is 17.8 Å². The highest BCUT2D eigenvalue weighted by atomic mass is 32.1. The molecule has 0 bridgehead atoms. The number of hydrogen-bond donors (Lipinski definition) is 9. The molecule has 10 amide bonds. The molecule has 1 aromatic heterocycles. The molecule has 2 heterocycles. The summed E-state index contributed by atoms with van der Waals surface area (Å²) in [5, 5.41) is 27.0. The maximum absolute atomic E-state index is 14.3. The molecule has 454 valence electrons. The van der Waals surface area contributed by atoms with Gasteiger partial charge in [0, 0.05) is 32.1 Å². The van der Waals surface area contributed by atoms with Gasteiger partial charge in [0.25, 0.3) is 5.91 Å². The lowest BCUT2D eigenvalue weighted by molar-refractivity contribution is -0.139. The molecule has 1 fully saturated rings. The topological polar surface area (TPSA) is 285 Å². The first-order valence-corrected chi connectivity index (χ1v) is 29.8. The Morgan fingerprint density at radius 3 is 1.62 bits per heavy atom. The highest BCUT2D eigenvalue weighted by molar-refractivity contribution is 7.12. The van der Waals surface area contributed by atoms with Crippen LogP contribution in [0.2, 0.25) is 0 Å². The van der Waals surface area contributed by atoms with Gasteiger partial charge in [-0.1, -0.05) is 93.1 Å². The lowest BCUT2D eigenvalue weighted by Gasteiger charge is -2.34. The summed E-state index contributed by atoms with van der Waals surface area (Å²) >= 11 is 1.30. The van der Waals surface area contributed by atoms with Crippen LogP contribution in [0.25, 0.3) is 0 Å². The predicted octanol–water partition coefficient (Wildman–Crippen LogP) is 4.44. The molecular weight excluding hydrogens is 1040 g/mol. The van der Waals surface area contributed by atoms with E-state index in [-0.39, 0.29) is 67.8 Å². The Morgan fingerprint density at radius 1 is 0.613 bits per heavy atom. The maximum Gasteiger partial charge on any atom is 0.264 e. The Hall–Kier alpha value is -5.64. The van der Waals surface area contributed by atoms with Crippen LogP contribution in [0.3, 0.4) is 0 Å². The number of likely N-dealkylation sites (N-methyl/N-ethyl adjacent to an activating group) is 1. The van der Waals surface area contributed by atoms with Crippen LogP contribution in [0.5, 0.6) is 0 Å². The zero-order chi connectivity index (χ0) is 60.7. The van der Waals surface area contributed by atoms with Crippen molar-refractivity contribution < 1.29 is 47.9 Å². The van der Waals surface area contributed by atoms with Gasteiger partial charge in [0.2, 0.25) is 53.2 Å². The second-order valence-electron chi connectivity index (χ2n) is 24.8. The minimum Gasteiger partial charge on any atom is -0.354 e. The summed E-state index contributed by atoms with van der Waals surface area (Å²) in [6.45, 7) is 25.2. The minimum absolute atomic E-state index is 0.0297. The third kappa shape index (κ3) is 24.6. The van der Waals surface area contributed by atoms with E-state index in [1.54, 1.807) is 22.4 Å². The molecular formula is C58H101N11O10S. The summed E-state index contributed by atoms with van der Waals surface area (Å²) in [6, 6.07) is -1.79. The number of nitrogens with zero attached hydrogens (tertiary/aromatic N) is 2. The zero-order valence-electron chi connectivity index (χ0n) is 51.1. The fourth-order valence-corrected chi connectivity index (χ4v) is 10.0. The average molecular weight is 1140 g/mol. The molecule has 1 aliphatic rings. The molecule has 0 radical (unpaired) electrons. The Labute approximate surface area is 481 Å². The molecule has 1 aromatic rings. The molecule has 21 nitrogen and oxygen atoms in total. The van der Waals surface area contributed by atoms with Gasteiger partial charge in [-0.2, -0.15) is 0 Å². The highest BCUT2D eigenvalue weighted by Crippen LogP contribution is 2.23. The SMILES string of the molecule is CCCCCCCCC(NC(=O)[C@@H]1CCCN1C(=O)c1cccs1)C(=O)NC(CC(C)C)C(=O)NC(C)(C)C(=O)NC(CC(C)C)C(=O)NC(CC(C)C)C(=O)NC(C)(C)C(=O)NC(C)(C)C(=O)NCCC(=O)NC(C)CN(C)C. The van der Waals surface area contributed by atoms with Crippen LogP contribution in [-0.2, 0) is 43.2 Å². The van der Waals surface area contributed by atoms with Crippen molar-refractivity contribution in [3.8, 4) is 0 Å². The van der Waals surface area contributed by atoms with Crippen LogP contribution in [-0.4, -0.2) is 155 Å². The Bertz CT molecular complexity index is 2210. The summed E-state index contributed by atoms with van der Waals surface area (Å²) in [5.41, 5.74) is -4.65. The van der Waals surface area contributed by atoms with Crippen molar-refractivity contribution in [1.82, 2.24) is 57.7 Å². The van der Waals surface area contributed by atoms with Crippen LogP contribution < -0.4 is 47.9 Å². The standard InChI is InChI=1S/C58H101N11O10S/c1-17-18-19-20-21-22-25-40(61-51(75)44-26-23-30-69(44)52(76)45-27-24-31-80-45)47(71)62-42(33-37(4)5)49(73)65-57(11,12)54(78)64-41(32-36(2)3)48(72)63-43(34-38(6)7)50(74)66-58(13,14)55(79)67-56(9,10)53(77)59-29-28-46(70)60-39(8)35-68(15)16/h24,27,31,36-44H,17-23,25-26,28-30,32-35H2,1-16H3,(H,59,77)(H,60,70)(H,61,75)(H,62,71)(H,63,72)(H,64,78)(H,65,73)(H,66,74)(H,67,79)/t39?,40?,41?,42?,43?,44-/m0/s1. The normalized spacial score (nSPS) is 15.8. The number of nitrogens with one attached hydrogen (secondary N) is 9. The van der Waals surface area contributed by atoms with E-state index in [1.165, 1.54) is 52.9 Å². The first kappa shape index (κ1) is 70.5. The Balaban J connectivity index is 2.23. The van der Waals surface area contributed by atoms with E-state index in [0.717, 1.165) is 32.1 Å². The van der Waals surface area contributed by atoms with Gasteiger partial charge in [-0.15, -0.1) is 11.3 Å². The van der Waals surface area contributed by atoms with E-state index in [2.05, 4.69) is 54.8 Å². The lowest BCUT2D eigenvalue weighted by atomic mass is 9.96. The molecule has 0 spiro atoms. The van der Waals surface area contributed by atoms with Gasteiger partial charge in [-0.05, 0) is 130 Å². The summed E-state index contributed by atoms with van der Waals surface area (Å²) in [7, 11) is 3.79. The molecule has 1 saturated heterocycles. The molecule has 0 aliphatic carbocycles. The van der Waals surface area contributed by atoms with Crippen LogP contribution in [0.1, 0.15) is 190 Å². The van der Waals surface area contributed by atoms with Crippen molar-refractivity contribution in [3.63, 3.8) is 0 Å². The molecule has 80 heavy (non-hydrogen) atoms. The van der Waals surface area contributed by atoms with E-state index in [0.29, 0.717) is 43.6 Å². The summed E-state index contributed by atoms with van der Waals surface area (Å²) < 4.78 is 0. The fourth-order valence-electron chi connectivity index (χ4n) is 9.33. The van der Waals surface area contributed by atoms with Crippen molar-refractivity contribution in [2.24, 2.45) is 17.8 Å². The molecule has 0 saturated carbocycles. The van der Waals surface area contributed by atoms with E-state index in [1.807, 2.05) is 67.5 Å². The van der Waals surface area contributed by atoms with Gasteiger partial charge < -0.3 is 57.7 Å².